The first-order chi connectivity index (χ1) is 14.9. The van der Waals surface area contributed by atoms with Gasteiger partial charge in [-0.25, -0.2) is 9.37 Å². The number of pyridine rings is 1. The maximum Gasteiger partial charge on any atom is 0.227 e. The summed E-state index contributed by atoms with van der Waals surface area (Å²) in [6, 6.07) is 12.1. The summed E-state index contributed by atoms with van der Waals surface area (Å²) in [5.41, 5.74) is 1.34. The fourth-order valence-electron chi connectivity index (χ4n) is 4.59. The average Bonchev–Trinajstić information content (AvgIpc) is 2.97. The monoisotopic (exact) mass is 440 g/mol. The zero-order valence-electron chi connectivity index (χ0n) is 17.4. The Morgan fingerprint density at radius 3 is 2.71 bits per heavy atom. The summed E-state index contributed by atoms with van der Waals surface area (Å²) >= 11 is -1.17. The smallest absolute Gasteiger partial charge is 0.227 e. The van der Waals surface area contributed by atoms with Gasteiger partial charge in [0.05, 0.1) is 18.0 Å². The van der Waals surface area contributed by atoms with Crippen LogP contribution in [0.4, 0.5) is 10.2 Å². The highest BCUT2D eigenvalue weighted by molar-refractivity contribution is 7.90. The van der Waals surface area contributed by atoms with Crippen molar-refractivity contribution in [2.24, 2.45) is 5.92 Å². The highest BCUT2D eigenvalue weighted by Crippen LogP contribution is 2.37. The molecule has 0 N–H and O–H groups in total. The van der Waals surface area contributed by atoms with Crippen LogP contribution in [0, 0.1) is 23.1 Å². The third kappa shape index (κ3) is 4.83. The van der Waals surface area contributed by atoms with Crippen molar-refractivity contribution in [1.29, 1.82) is 5.26 Å². The van der Waals surface area contributed by atoms with Crippen molar-refractivity contribution in [1.82, 2.24) is 9.88 Å². The lowest BCUT2D eigenvalue weighted by Gasteiger charge is -2.42. The van der Waals surface area contributed by atoms with E-state index in [0.29, 0.717) is 36.1 Å². The first-order valence-electron chi connectivity index (χ1n) is 10.5. The van der Waals surface area contributed by atoms with E-state index < -0.39 is 11.2 Å². The lowest BCUT2D eigenvalue weighted by Crippen LogP contribution is -2.56. The van der Waals surface area contributed by atoms with E-state index >= 15 is 0 Å². The molecule has 0 spiro atoms. The molecule has 1 aromatic carbocycles. The number of aromatic nitrogens is 1. The second-order valence-electron chi connectivity index (χ2n) is 8.32. The van der Waals surface area contributed by atoms with Crippen LogP contribution in [0.3, 0.4) is 0 Å². The van der Waals surface area contributed by atoms with E-state index in [1.807, 2.05) is 11.0 Å². The van der Waals surface area contributed by atoms with Crippen molar-refractivity contribution in [2.75, 3.05) is 23.7 Å². The summed E-state index contributed by atoms with van der Waals surface area (Å²) in [6.07, 6.45) is 2.83. The van der Waals surface area contributed by atoms with Crippen LogP contribution in [0.1, 0.15) is 30.9 Å². The van der Waals surface area contributed by atoms with Gasteiger partial charge in [-0.15, -0.1) is 0 Å². The van der Waals surface area contributed by atoms with Crippen LogP contribution in [0.2, 0.25) is 0 Å². The molecule has 1 aromatic heterocycles. The summed E-state index contributed by atoms with van der Waals surface area (Å²) < 4.78 is 25.4. The minimum absolute atomic E-state index is 0.0315. The molecule has 3 heterocycles. The zero-order valence-corrected chi connectivity index (χ0v) is 18.2. The van der Waals surface area contributed by atoms with Crippen LogP contribution in [0.15, 0.2) is 42.6 Å². The van der Waals surface area contributed by atoms with Gasteiger partial charge in [0.2, 0.25) is 5.91 Å². The largest absolute Gasteiger partial charge is 0.616 e. The summed E-state index contributed by atoms with van der Waals surface area (Å²) in [4.78, 5) is 21.5. The van der Waals surface area contributed by atoms with Gasteiger partial charge in [0.15, 0.2) is 0 Å². The molecule has 4 rings (SSSR count). The normalized spacial score (nSPS) is 23.5. The maximum atomic E-state index is 13.0. The lowest BCUT2D eigenvalue weighted by molar-refractivity contribution is -0.131. The molecule has 31 heavy (non-hydrogen) atoms. The third-order valence-corrected chi connectivity index (χ3v) is 7.48. The van der Waals surface area contributed by atoms with Gasteiger partial charge in [-0.05, 0) is 47.8 Å². The van der Waals surface area contributed by atoms with Gasteiger partial charge in [0, 0.05) is 30.9 Å². The Balaban J connectivity index is 1.33. The van der Waals surface area contributed by atoms with Gasteiger partial charge in [-0.3, -0.25) is 4.79 Å². The van der Waals surface area contributed by atoms with Gasteiger partial charge in [0.1, 0.15) is 29.2 Å². The summed E-state index contributed by atoms with van der Waals surface area (Å²) in [5, 5.41) is 8.99. The highest BCUT2D eigenvalue weighted by Gasteiger charge is 2.45. The molecule has 8 heteroatoms. The number of rotatable bonds is 6. The molecule has 2 bridgehead atoms. The first-order valence-corrected chi connectivity index (χ1v) is 11.9. The predicted octanol–water partition coefficient (Wildman–Crippen LogP) is 2.86. The van der Waals surface area contributed by atoms with E-state index in [2.05, 4.69) is 22.9 Å². The Bertz CT molecular complexity index is 963. The first kappa shape index (κ1) is 21.6. The number of nitrogens with zero attached hydrogens (tertiary/aromatic N) is 4. The molecule has 2 aliphatic rings. The number of carbonyl (C=O) groups excluding carboxylic acids is 1. The van der Waals surface area contributed by atoms with Crippen LogP contribution in [0.25, 0.3) is 0 Å². The Hall–Kier alpha value is -2.63. The minimum atomic E-state index is -1.17. The van der Waals surface area contributed by atoms with Gasteiger partial charge in [-0.1, -0.05) is 19.1 Å². The topological polar surface area (TPSA) is 83.3 Å². The standard InChI is InChI=1S/C23H25FN4O2S/c1-16-10-20-13-27(14-21(16)28(20)22-7-4-18(11-25)12-26-22)23(29)8-9-31(30)15-17-2-5-19(24)6-3-17/h2-7,12,16,20-21H,8-10,13-15H2,1H3/t16-,20?,21?,31?/m0/s1. The maximum absolute atomic E-state index is 13.0. The number of benzene rings is 1. The van der Waals surface area contributed by atoms with Crippen molar-refractivity contribution in [2.45, 2.75) is 37.6 Å². The van der Waals surface area contributed by atoms with E-state index in [4.69, 9.17) is 5.26 Å². The van der Waals surface area contributed by atoms with Gasteiger partial charge in [0.25, 0.3) is 0 Å². The Morgan fingerprint density at radius 1 is 1.29 bits per heavy atom. The van der Waals surface area contributed by atoms with E-state index in [0.717, 1.165) is 17.8 Å². The Kier molecular flexibility index (Phi) is 6.44. The van der Waals surface area contributed by atoms with Crippen LogP contribution in [0.5, 0.6) is 0 Å². The van der Waals surface area contributed by atoms with E-state index in [9.17, 15) is 13.7 Å². The van der Waals surface area contributed by atoms with Crippen molar-refractivity contribution in [3.63, 3.8) is 0 Å². The summed E-state index contributed by atoms with van der Waals surface area (Å²) in [6.45, 7) is 3.46. The number of anilines is 1. The summed E-state index contributed by atoms with van der Waals surface area (Å²) in [5.74, 6) is 1.64. The van der Waals surface area contributed by atoms with Crippen LogP contribution >= 0.6 is 0 Å². The van der Waals surface area contributed by atoms with Crippen molar-refractivity contribution >= 4 is 22.9 Å². The quantitative estimate of drug-likeness (QED) is 0.645. The lowest BCUT2D eigenvalue weighted by atomic mass is 10.0. The van der Waals surface area contributed by atoms with E-state index in [-0.39, 0.29) is 30.2 Å². The van der Waals surface area contributed by atoms with Gasteiger partial charge in [-0.2, -0.15) is 5.26 Å². The molecule has 6 nitrogen and oxygen atoms in total. The molecule has 0 saturated carbocycles. The zero-order chi connectivity index (χ0) is 22.0. The minimum Gasteiger partial charge on any atom is -0.616 e. The molecule has 0 radical (unpaired) electrons. The van der Waals surface area contributed by atoms with E-state index in [1.165, 1.54) is 12.1 Å². The number of likely N-dealkylation sites (tertiary alicyclic amines) is 1. The molecule has 2 saturated heterocycles. The second kappa shape index (κ2) is 9.25. The molecular weight excluding hydrogens is 415 g/mol. The van der Waals surface area contributed by atoms with Crippen LogP contribution in [-0.4, -0.2) is 51.3 Å². The molecule has 2 fully saturated rings. The number of carbonyl (C=O) groups is 1. The molecule has 2 aromatic rings. The fraction of sp³-hybridized carbons (Fsp3) is 0.435. The number of hydrogen-bond acceptors (Lipinski definition) is 5. The molecule has 4 atom stereocenters. The Labute approximate surface area is 184 Å². The summed E-state index contributed by atoms with van der Waals surface area (Å²) in [7, 11) is 0. The van der Waals surface area contributed by atoms with Crippen molar-refractivity contribution in [3.05, 3.63) is 59.5 Å². The second-order valence-corrected chi connectivity index (χ2v) is 9.90. The SMILES string of the molecule is C[C@H]1CC2CN(C(=O)CC[S+]([O-])Cc3ccc(F)cc3)CC1N2c1ccc(C#N)cn1. The number of amides is 1. The van der Waals surface area contributed by atoms with Crippen LogP contribution < -0.4 is 4.90 Å². The van der Waals surface area contributed by atoms with Crippen molar-refractivity contribution < 1.29 is 13.7 Å². The molecule has 162 valence electrons. The Morgan fingerprint density at radius 2 is 2.06 bits per heavy atom. The number of piperazine rings is 1. The third-order valence-electron chi connectivity index (χ3n) is 6.17. The average molecular weight is 441 g/mol. The number of fused-ring (bicyclic) bond motifs is 2. The molecule has 0 aliphatic carbocycles. The number of halogens is 1. The molecule has 1 amide bonds. The van der Waals surface area contributed by atoms with E-state index in [1.54, 1.807) is 24.4 Å². The van der Waals surface area contributed by atoms with Crippen molar-refractivity contribution in [3.8, 4) is 6.07 Å². The number of hydrogen-bond donors (Lipinski definition) is 0. The fourth-order valence-corrected chi connectivity index (χ4v) is 5.70. The molecule has 3 unspecified atom stereocenters. The highest BCUT2D eigenvalue weighted by atomic mass is 32.2. The molecular formula is C23H25FN4O2S. The predicted molar refractivity (Wildman–Crippen MR) is 117 cm³/mol. The van der Waals surface area contributed by atoms with Gasteiger partial charge >= 0.3 is 0 Å². The van der Waals surface area contributed by atoms with Gasteiger partial charge < -0.3 is 14.4 Å². The molecule has 2 aliphatic heterocycles. The van der Waals surface area contributed by atoms with Crippen LogP contribution in [-0.2, 0) is 21.7 Å². The number of nitriles is 1.